The van der Waals surface area contributed by atoms with Gasteiger partial charge in [-0.05, 0) is 56.2 Å². The zero-order valence-electron chi connectivity index (χ0n) is 16.6. The average Bonchev–Trinajstić information content (AvgIpc) is 2.67. The summed E-state index contributed by atoms with van der Waals surface area (Å²) in [7, 11) is 0. The van der Waals surface area contributed by atoms with Crippen LogP contribution in [0.15, 0.2) is 36.5 Å². The Labute approximate surface area is 165 Å². The molecule has 0 saturated carbocycles. The molecule has 0 radical (unpaired) electrons. The van der Waals surface area contributed by atoms with E-state index in [0.717, 1.165) is 22.5 Å². The molecule has 2 aromatic rings. The van der Waals surface area contributed by atoms with Crippen molar-refractivity contribution in [3.8, 4) is 0 Å². The molecule has 1 aromatic heterocycles. The monoisotopic (exact) mass is 382 g/mol. The molecular formula is C21H26N4O3. The van der Waals surface area contributed by atoms with Gasteiger partial charge in [-0.15, -0.1) is 0 Å². The van der Waals surface area contributed by atoms with Crippen LogP contribution in [0.1, 0.15) is 28.5 Å². The molecule has 1 saturated heterocycles. The molecule has 0 atom stereocenters. The second-order valence-electron chi connectivity index (χ2n) is 6.91. The van der Waals surface area contributed by atoms with Gasteiger partial charge < -0.3 is 19.9 Å². The van der Waals surface area contributed by atoms with Crippen molar-refractivity contribution in [1.29, 1.82) is 0 Å². The number of ether oxygens (including phenoxy) is 1. The molecule has 2 heterocycles. The van der Waals surface area contributed by atoms with Gasteiger partial charge in [-0.2, -0.15) is 0 Å². The van der Waals surface area contributed by atoms with Crippen molar-refractivity contribution in [2.24, 2.45) is 0 Å². The number of benzene rings is 1. The molecule has 0 bridgehead atoms. The van der Waals surface area contributed by atoms with Crippen LogP contribution >= 0.6 is 0 Å². The van der Waals surface area contributed by atoms with E-state index >= 15 is 0 Å². The summed E-state index contributed by atoms with van der Waals surface area (Å²) >= 11 is 0. The van der Waals surface area contributed by atoms with Crippen molar-refractivity contribution in [2.45, 2.75) is 20.8 Å². The summed E-state index contributed by atoms with van der Waals surface area (Å²) in [5.74, 6) is -0.233. The van der Waals surface area contributed by atoms with Crippen molar-refractivity contribution in [1.82, 2.24) is 9.88 Å². The van der Waals surface area contributed by atoms with Gasteiger partial charge in [0, 0.05) is 31.9 Å². The molecule has 2 amide bonds. The van der Waals surface area contributed by atoms with E-state index in [-0.39, 0.29) is 12.0 Å². The Morgan fingerprint density at radius 3 is 2.32 bits per heavy atom. The fourth-order valence-corrected chi connectivity index (χ4v) is 3.31. The summed E-state index contributed by atoms with van der Waals surface area (Å²) in [6.07, 6.45) is 1.44. The zero-order valence-corrected chi connectivity index (χ0v) is 16.6. The van der Waals surface area contributed by atoms with Crippen LogP contribution in [-0.2, 0) is 4.74 Å². The topological polar surface area (TPSA) is 74.8 Å². The van der Waals surface area contributed by atoms with E-state index in [2.05, 4.69) is 21.3 Å². The molecular weight excluding hydrogens is 356 g/mol. The highest BCUT2D eigenvalue weighted by molar-refractivity contribution is 6.03. The van der Waals surface area contributed by atoms with E-state index in [1.807, 2.05) is 32.0 Å². The second kappa shape index (κ2) is 8.73. The first-order valence-corrected chi connectivity index (χ1v) is 9.48. The van der Waals surface area contributed by atoms with Crippen LogP contribution in [0.25, 0.3) is 0 Å². The number of aryl methyl sites for hydroxylation is 2. The van der Waals surface area contributed by atoms with Crippen LogP contribution in [0.2, 0.25) is 0 Å². The van der Waals surface area contributed by atoms with E-state index in [1.54, 1.807) is 24.1 Å². The number of hydrogen-bond acceptors (Lipinski definition) is 5. The van der Waals surface area contributed by atoms with Crippen LogP contribution in [0.5, 0.6) is 0 Å². The molecule has 7 heteroatoms. The number of anilines is 2. The van der Waals surface area contributed by atoms with Gasteiger partial charge in [0.15, 0.2) is 0 Å². The molecule has 3 rings (SSSR count). The normalized spacial score (nSPS) is 14.0. The lowest BCUT2D eigenvalue weighted by atomic mass is 10.1. The highest BCUT2D eigenvalue weighted by Gasteiger charge is 2.22. The number of carbonyl (C=O) groups is 2. The Balaban J connectivity index is 1.59. The number of hydrogen-bond donors (Lipinski definition) is 1. The van der Waals surface area contributed by atoms with Crippen molar-refractivity contribution in [3.05, 3.63) is 53.3 Å². The SMILES string of the molecule is CCOC(=O)N1CCN(c2ccc(C(=O)Nc3cc(C)cc(C)c3)nc2)CC1. The van der Waals surface area contributed by atoms with Crippen molar-refractivity contribution >= 4 is 23.4 Å². The minimum Gasteiger partial charge on any atom is -0.450 e. The minimum atomic E-state index is -0.265. The smallest absolute Gasteiger partial charge is 0.409 e. The van der Waals surface area contributed by atoms with Gasteiger partial charge in [0.2, 0.25) is 0 Å². The summed E-state index contributed by atoms with van der Waals surface area (Å²) in [5.41, 5.74) is 4.27. The minimum absolute atomic E-state index is 0.233. The van der Waals surface area contributed by atoms with E-state index in [9.17, 15) is 9.59 Å². The standard InChI is InChI=1S/C21H26N4O3/c1-4-28-21(27)25-9-7-24(8-10-25)18-5-6-19(22-14-18)20(26)23-17-12-15(2)11-16(3)13-17/h5-6,11-14H,4,7-10H2,1-3H3,(H,23,26). The molecule has 148 valence electrons. The van der Waals surface area contributed by atoms with Gasteiger partial charge in [0.25, 0.3) is 5.91 Å². The molecule has 1 aliphatic heterocycles. The lowest BCUT2D eigenvalue weighted by Crippen LogP contribution is -2.49. The van der Waals surface area contributed by atoms with Crippen LogP contribution in [0.3, 0.4) is 0 Å². The molecule has 28 heavy (non-hydrogen) atoms. The number of rotatable bonds is 4. The van der Waals surface area contributed by atoms with Crippen LogP contribution in [0.4, 0.5) is 16.2 Å². The third-order valence-corrected chi connectivity index (χ3v) is 4.63. The Hall–Kier alpha value is -3.09. The number of amides is 2. The molecule has 0 spiro atoms. The second-order valence-corrected chi connectivity index (χ2v) is 6.91. The largest absolute Gasteiger partial charge is 0.450 e. The van der Waals surface area contributed by atoms with Crippen LogP contribution < -0.4 is 10.2 Å². The highest BCUT2D eigenvalue weighted by atomic mass is 16.6. The number of aromatic nitrogens is 1. The van der Waals surface area contributed by atoms with Crippen molar-refractivity contribution in [3.63, 3.8) is 0 Å². The number of nitrogens with one attached hydrogen (secondary N) is 1. The maximum absolute atomic E-state index is 12.5. The van der Waals surface area contributed by atoms with E-state index in [4.69, 9.17) is 4.74 Å². The van der Waals surface area contributed by atoms with Gasteiger partial charge in [0.05, 0.1) is 18.5 Å². The van der Waals surface area contributed by atoms with Crippen LogP contribution in [-0.4, -0.2) is 54.7 Å². The van der Waals surface area contributed by atoms with Crippen LogP contribution in [0, 0.1) is 13.8 Å². The fraction of sp³-hybridized carbons (Fsp3) is 0.381. The summed E-state index contributed by atoms with van der Waals surface area (Å²) in [4.78, 5) is 32.4. The van der Waals surface area contributed by atoms with Gasteiger partial charge in [0.1, 0.15) is 5.69 Å². The maximum Gasteiger partial charge on any atom is 0.409 e. The number of piperazine rings is 1. The Kier molecular flexibility index (Phi) is 6.13. The predicted octanol–water partition coefficient (Wildman–Crippen LogP) is 3.23. The van der Waals surface area contributed by atoms with Crippen molar-refractivity contribution < 1.29 is 14.3 Å². The molecule has 1 N–H and O–H groups in total. The molecule has 0 unspecified atom stereocenters. The summed E-state index contributed by atoms with van der Waals surface area (Å²) < 4.78 is 5.04. The van der Waals surface area contributed by atoms with Crippen molar-refractivity contribution in [2.75, 3.05) is 43.0 Å². The molecule has 1 aromatic carbocycles. The first kappa shape index (κ1) is 19.7. The quantitative estimate of drug-likeness (QED) is 0.879. The average molecular weight is 382 g/mol. The Bertz CT molecular complexity index is 823. The zero-order chi connectivity index (χ0) is 20.1. The fourth-order valence-electron chi connectivity index (χ4n) is 3.31. The Morgan fingerprint density at radius 1 is 1.07 bits per heavy atom. The van der Waals surface area contributed by atoms with Gasteiger partial charge in [-0.25, -0.2) is 9.78 Å². The van der Waals surface area contributed by atoms with Gasteiger partial charge in [-0.3, -0.25) is 4.79 Å². The first-order chi connectivity index (χ1) is 13.5. The number of nitrogens with zero attached hydrogens (tertiary/aromatic N) is 3. The molecule has 1 aliphatic rings. The lowest BCUT2D eigenvalue weighted by molar-refractivity contribution is 0.101. The third kappa shape index (κ3) is 4.79. The van der Waals surface area contributed by atoms with E-state index in [1.165, 1.54) is 0 Å². The molecule has 0 aliphatic carbocycles. The summed E-state index contributed by atoms with van der Waals surface area (Å²) in [6, 6.07) is 9.55. The number of pyridine rings is 1. The predicted molar refractivity (Wildman–Crippen MR) is 109 cm³/mol. The summed E-state index contributed by atoms with van der Waals surface area (Å²) in [6.45, 7) is 8.80. The maximum atomic E-state index is 12.5. The number of carbonyl (C=O) groups excluding carboxylic acids is 2. The van der Waals surface area contributed by atoms with Gasteiger partial charge in [-0.1, -0.05) is 6.07 Å². The first-order valence-electron chi connectivity index (χ1n) is 9.48. The van der Waals surface area contributed by atoms with Gasteiger partial charge >= 0.3 is 6.09 Å². The third-order valence-electron chi connectivity index (χ3n) is 4.63. The lowest BCUT2D eigenvalue weighted by Gasteiger charge is -2.35. The molecule has 7 nitrogen and oxygen atoms in total. The van der Waals surface area contributed by atoms with E-state index in [0.29, 0.717) is 38.5 Å². The summed E-state index contributed by atoms with van der Waals surface area (Å²) in [5, 5.41) is 2.90. The molecule has 1 fully saturated rings. The van der Waals surface area contributed by atoms with E-state index < -0.39 is 0 Å². The Morgan fingerprint density at radius 2 is 1.75 bits per heavy atom. The highest BCUT2D eigenvalue weighted by Crippen LogP contribution is 2.18.